The Hall–Kier alpha value is -10.1. The molecule has 8 heterocycles. The van der Waals surface area contributed by atoms with Crippen molar-refractivity contribution >= 4 is 70.5 Å². The Balaban J connectivity index is 1.00. The zero-order chi connectivity index (χ0) is 93.2. The van der Waals surface area contributed by atoms with E-state index in [-0.39, 0.29) is 58.4 Å². The van der Waals surface area contributed by atoms with Gasteiger partial charge in [0.2, 0.25) is 53.4 Å². The van der Waals surface area contributed by atoms with Gasteiger partial charge in [0.1, 0.15) is 89.5 Å². The van der Waals surface area contributed by atoms with Crippen LogP contribution in [0.15, 0.2) is 109 Å². The number of hydrogen-bond acceptors (Lipinski definition) is 28. The van der Waals surface area contributed by atoms with Crippen LogP contribution in [0.1, 0.15) is 195 Å². The molecule has 0 radical (unpaired) electrons. The third-order valence-corrected chi connectivity index (χ3v) is 25.0. The summed E-state index contributed by atoms with van der Waals surface area (Å²) in [6.07, 6.45) is -10.7. The van der Waals surface area contributed by atoms with Gasteiger partial charge >= 0.3 is 5.97 Å². The minimum absolute atomic E-state index is 0.100. The summed E-state index contributed by atoms with van der Waals surface area (Å²) in [6, 6.07) is 10.3. The van der Waals surface area contributed by atoms with Crippen molar-refractivity contribution in [2.75, 3.05) is 20.2 Å². The number of phenolic OH excluding ortho intramolecular Hbond substituents is 3. The Labute approximate surface area is 755 Å². The van der Waals surface area contributed by atoms with Gasteiger partial charge in [-0.3, -0.25) is 33.6 Å². The highest BCUT2D eigenvalue weighted by Gasteiger charge is 2.53. The minimum Gasteiger partial charge on any atom is -0.508 e. The maximum absolute atomic E-state index is 16.6. The number of aryl methyl sites for hydroxylation is 1. The molecule has 14 rings (SSSR count). The Morgan fingerprint density at radius 1 is 0.620 bits per heavy atom. The highest BCUT2D eigenvalue weighted by Crippen LogP contribution is 2.51. The first-order valence-corrected chi connectivity index (χ1v) is 44.1. The van der Waals surface area contributed by atoms with Crippen molar-refractivity contribution in [3.63, 3.8) is 0 Å². The number of carbonyl (C=O) groups is 8. The molecule has 0 saturated carbocycles. The molecule has 3 saturated heterocycles. The summed E-state index contributed by atoms with van der Waals surface area (Å²) in [4.78, 5) is 121. The minimum atomic E-state index is -2.38. The van der Waals surface area contributed by atoms with Crippen LogP contribution < -0.4 is 68.2 Å². The Kier molecular flexibility index (Phi) is 32.5. The van der Waals surface area contributed by atoms with Gasteiger partial charge in [0.05, 0.1) is 53.5 Å². The number of rotatable bonds is 29. The molecule has 7 amide bonds. The number of benzene rings is 6. The van der Waals surface area contributed by atoms with Gasteiger partial charge in [-0.1, -0.05) is 137 Å². The number of carboxylic acids is 1. The van der Waals surface area contributed by atoms with Gasteiger partial charge in [-0.25, -0.2) is 4.79 Å². The Morgan fingerprint density at radius 2 is 1.21 bits per heavy atom. The van der Waals surface area contributed by atoms with Gasteiger partial charge in [0.25, 0.3) is 0 Å². The number of hydrogen-bond donors (Lipinski definition) is 20. The molecular weight excluding hydrogens is 1720 g/mol. The van der Waals surface area contributed by atoms with Crippen molar-refractivity contribution in [2.24, 2.45) is 17.4 Å². The van der Waals surface area contributed by atoms with Crippen LogP contribution in [-0.2, 0) is 68.5 Å². The monoisotopic (exact) mass is 1830 g/mol. The Morgan fingerprint density at radius 3 is 1.82 bits per heavy atom. The first-order chi connectivity index (χ1) is 61.3. The number of aromatic hydroxyl groups is 3. The van der Waals surface area contributed by atoms with Crippen LogP contribution in [0.4, 0.5) is 0 Å². The van der Waals surface area contributed by atoms with E-state index in [1.54, 1.807) is 13.8 Å². The molecule has 0 spiro atoms. The summed E-state index contributed by atoms with van der Waals surface area (Å²) in [5.41, 5.74) is 8.56. The number of aliphatic hydroxyl groups excluding tert-OH is 6. The molecule has 8 aliphatic rings. The van der Waals surface area contributed by atoms with Crippen molar-refractivity contribution in [2.45, 2.75) is 271 Å². The first-order valence-electron chi connectivity index (χ1n) is 43.4. The zero-order valence-electron chi connectivity index (χ0n) is 72.5. The lowest BCUT2D eigenvalue weighted by Gasteiger charge is -2.48. The van der Waals surface area contributed by atoms with E-state index >= 15 is 24.0 Å². The van der Waals surface area contributed by atoms with Crippen molar-refractivity contribution in [3.8, 4) is 57.1 Å². The number of primary amides is 1. The summed E-state index contributed by atoms with van der Waals surface area (Å²) < 4.78 is 53.0. The van der Waals surface area contributed by atoms with Crippen molar-refractivity contribution < 1.29 is 127 Å². The average molecular weight is 1840 g/mol. The van der Waals surface area contributed by atoms with Crippen LogP contribution >= 0.6 is 23.2 Å². The third kappa shape index (κ3) is 23.4. The van der Waals surface area contributed by atoms with E-state index in [1.165, 1.54) is 76.1 Å². The highest BCUT2D eigenvalue weighted by atomic mass is 35.5. The van der Waals surface area contributed by atoms with Gasteiger partial charge < -0.3 is 143 Å². The highest BCUT2D eigenvalue weighted by molar-refractivity contribution is 6.32. The number of phenols is 3. The lowest BCUT2D eigenvalue weighted by Crippen LogP contribution is -2.65. The van der Waals surface area contributed by atoms with E-state index < -0.39 is 255 Å². The van der Waals surface area contributed by atoms with Crippen LogP contribution in [0, 0.1) is 5.92 Å². The summed E-state index contributed by atoms with van der Waals surface area (Å²) in [6.45, 7) is 9.50. The van der Waals surface area contributed by atoms with Crippen molar-refractivity contribution in [1.29, 1.82) is 0 Å². The largest absolute Gasteiger partial charge is 0.508 e. The fourth-order valence-corrected chi connectivity index (χ4v) is 17.7. The first kappa shape index (κ1) is 97.9. The van der Waals surface area contributed by atoms with E-state index in [0.717, 1.165) is 99.9 Å². The van der Waals surface area contributed by atoms with Crippen molar-refractivity contribution in [3.05, 3.63) is 153 Å². The molecule has 22 atom stereocenters. The lowest BCUT2D eigenvalue weighted by atomic mass is 9.84. The van der Waals surface area contributed by atoms with Crippen LogP contribution in [0.5, 0.6) is 46.0 Å². The molecule has 700 valence electrons. The predicted octanol–water partition coefficient (Wildman–Crippen LogP) is 6.12. The molecule has 0 aromatic heterocycles. The second-order valence-corrected chi connectivity index (χ2v) is 35.7. The molecular formula is C91H116Cl2N10O26. The summed E-state index contributed by atoms with van der Waals surface area (Å²) in [5.74, 6) is -15.9. The second-order valence-electron chi connectivity index (χ2n) is 34.9. The van der Waals surface area contributed by atoms with Gasteiger partial charge in [-0.05, 0) is 155 Å². The van der Waals surface area contributed by atoms with Gasteiger partial charge in [0, 0.05) is 46.7 Å². The SMILES string of the molecule is CN[C@H](CC(C)C)C(=O)N[C@H]1C(=O)N[C@@H](CC(N)=O)C(=O)N[C@H]2C(=O)N[C@H]3C(=O)N[C@H](C(=O)N[C@H](C(=O)O)c4cc(O)cc(O)c4-c4cc3ccc4O)[C@H](O[C@H]3C[C@](C)(N)[C@@H](O)[C@H](C)O3)c3ccc(c(Cl)c3)Oc3cc2cc(c3O[C@@H]2O[C@H](CO)[C@@H](O)[C@H](O)[C@H]2O[C@H]2C[C@](C)(NCCCCCCCCCCCCc3ccccc3)[C@@H](O)[C@H](C)O2)Oc2ccc(cc2Cl)[C@H]1O. The zero-order valence-corrected chi connectivity index (χ0v) is 74.0. The fourth-order valence-electron chi connectivity index (χ4n) is 17.3. The van der Waals surface area contributed by atoms with E-state index in [0.29, 0.717) is 6.54 Å². The number of ether oxygens (including phenoxy) is 8. The molecule has 129 heavy (non-hydrogen) atoms. The molecule has 38 heteroatoms. The number of aliphatic carboxylic acids is 1. The standard InChI is InChI=1S/C91H116Cl2N10O26/c1-43(2)31-56(96-7)82(114)102-72-74(109)48-25-28-60(54(92)33-48)124-62-35-50-36-63(78(62)129-89-79(76(111)75(110)64(42-104)126-89)128-67-41-91(6,81(113)45(4)123-67)97-30-20-15-13-11-9-8-10-12-14-17-21-46-22-18-16-19-23-46)125-61-29-26-49(34-55(61)93)77(127-66-40-90(5,95)80(112)44(3)122-66)73-87(119)101-71(88(120)121)53-37-51(105)38-59(107)68(53)52-32-47(24-27-58(52)106)69(84(116)103-73)100-85(117)70(50)99-83(115)57(39-65(94)108)98-86(72)118/h16,18-19,22-29,32-38,43-45,56-57,64,66-67,69-77,79-81,89,96-97,104-107,109-113H,8-15,17,20-21,30-31,39-42,95H2,1-7H3,(H2,94,108)(H,98,118)(H,99,115)(H,100,117)(H,101,119)(H,102,114)(H,103,116)(H,120,121)/t44-,45-,56+,57-,64+,66-,67-,69+,70+,71-,72+,73-,74+,75+,76-,77+,79+,80-,81-,89-,90-,91-/m0/s1. The molecule has 22 N–H and O–H groups in total. The molecule has 36 nitrogen and oxygen atoms in total. The van der Waals surface area contributed by atoms with Crippen LogP contribution in [0.25, 0.3) is 11.1 Å². The molecule has 3 fully saturated rings. The number of likely N-dealkylation sites (N-methyl/N-ethyl adjacent to an activating group) is 1. The molecule has 0 aliphatic carbocycles. The number of nitrogens with one attached hydrogen (secondary N) is 8. The number of amides is 7. The molecule has 11 bridgehead atoms. The maximum Gasteiger partial charge on any atom is 0.330 e. The van der Waals surface area contributed by atoms with E-state index in [2.05, 4.69) is 66.8 Å². The van der Waals surface area contributed by atoms with Crippen molar-refractivity contribution in [1.82, 2.24) is 42.5 Å². The summed E-state index contributed by atoms with van der Waals surface area (Å²) in [5, 5.41) is 138. The second kappa shape index (κ2) is 42.9. The topological polar surface area (TPSA) is 561 Å². The smallest absolute Gasteiger partial charge is 0.330 e. The van der Waals surface area contributed by atoms with E-state index in [1.807, 2.05) is 19.9 Å². The quantitative estimate of drug-likeness (QED) is 0.0235. The molecule has 6 aromatic carbocycles. The van der Waals surface area contributed by atoms with Gasteiger partial charge in [-0.15, -0.1) is 0 Å². The predicted molar refractivity (Wildman–Crippen MR) is 466 cm³/mol. The summed E-state index contributed by atoms with van der Waals surface area (Å²) >= 11 is 14.7. The maximum atomic E-state index is 16.6. The number of carboxylic acid groups (broad SMARTS) is 1. The number of carbonyl (C=O) groups excluding carboxylic acids is 7. The molecule has 8 aliphatic heterocycles. The van der Waals surface area contributed by atoms with Gasteiger partial charge in [-0.2, -0.15) is 0 Å². The van der Waals surface area contributed by atoms with Crippen LogP contribution in [0.3, 0.4) is 0 Å². The van der Waals surface area contributed by atoms with Gasteiger partial charge in [0.15, 0.2) is 36.2 Å². The average Bonchev–Trinajstić information content (AvgIpc) is 0.751. The number of nitrogens with two attached hydrogens (primary N) is 2. The normalized spacial score (nSPS) is 29.2. The number of aliphatic hydroxyl groups is 6. The van der Waals surface area contributed by atoms with Crippen LogP contribution in [-0.4, -0.2) is 222 Å². The van der Waals surface area contributed by atoms with Crippen LogP contribution in [0.2, 0.25) is 10.0 Å². The Bertz CT molecular complexity index is 5020. The lowest BCUT2D eigenvalue weighted by molar-refractivity contribution is -0.334. The summed E-state index contributed by atoms with van der Waals surface area (Å²) in [7, 11) is 1.48. The van der Waals surface area contributed by atoms with E-state index in [9.17, 15) is 65.4 Å². The number of halogens is 2. The van der Waals surface area contributed by atoms with E-state index in [4.69, 9.17) is 72.6 Å². The number of fused-ring (bicyclic) bond motifs is 15. The number of unbranched alkanes of at least 4 members (excludes halogenated alkanes) is 9. The fraction of sp³-hybridized carbons (Fsp3) is 0.516. The molecule has 0 unspecified atom stereocenters. The molecule has 6 aromatic rings. The third-order valence-electron chi connectivity index (χ3n) is 24.4.